The van der Waals surface area contributed by atoms with E-state index in [2.05, 4.69) is 92.6 Å². The van der Waals surface area contributed by atoms with Crippen LogP contribution in [0.5, 0.6) is 0 Å². The molecule has 0 aliphatic carbocycles. The second-order valence-corrected chi connectivity index (χ2v) is 8.35. The number of benzene rings is 2. The number of aryl methyl sites for hydroxylation is 4. The van der Waals surface area contributed by atoms with Gasteiger partial charge in [-0.2, -0.15) is 4.57 Å². The monoisotopic (exact) mass is 375 g/mol. The van der Waals surface area contributed by atoms with Crippen molar-refractivity contribution >= 4 is 34.4 Å². The van der Waals surface area contributed by atoms with E-state index in [1.54, 1.807) is 0 Å². The Hall–Kier alpha value is -2.26. The van der Waals surface area contributed by atoms with Gasteiger partial charge in [-0.3, -0.25) is 0 Å². The van der Waals surface area contributed by atoms with Crippen LogP contribution in [0.2, 0.25) is 0 Å². The van der Waals surface area contributed by atoms with Crippen molar-refractivity contribution in [3.63, 3.8) is 0 Å². The van der Waals surface area contributed by atoms with E-state index in [9.17, 15) is 0 Å². The predicted octanol–water partition coefficient (Wildman–Crippen LogP) is 6.00. The molecule has 0 saturated heterocycles. The van der Waals surface area contributed by atoms with Crippen molar-refractivity contribution in [2.24, 2.45) is 0 Å². The van der Waals surface area contributed by atoms with Crippen molar-refractivity contribution in [1.29, 1.82) is 0 Å². The van der Waals surface area contributed by atoms with Crippen LogP contribution in [0.25, 0.3) is 17.0 Å². The molecule has 0 saturated carbocycles. The lowest BCUT2D eigenvalue weighted by molar-refractivity contribution is -0.669. The molecule has 1 aliphatic heterocycles. The molecule has 0 bridgehead atoms. The molecule has 2 heterocycles. The van der Waals surface area contributed by atoms with Gasteiger partial charge in [0.05, 0.1) is 10.7 Å². The molecule has 0 amide bonds. The first-order chi connectivity index (χ1) is 13.0. The molecule has 3 aromatic rings. The van der Waals surface area contributed by atoms with E-state index in [0.717, 1.165) is 13.1 Å². The first kappa shape index (κ1) is 18.1. The van der Waals surface area contributed by atoms with Crippen LogP contribution in [0, 0.1) is 20.8 Å². The Bertz CT molecular complexity index is 1070. The average Bonchev–Trinajstić information content (AvgIpc) is 2.98. The minimum absolute atomic E-state index is 0.960. The summed E-state index contributed by atoms with van der Waals surface area (Å²) in [7, 11) is 0. The molecule has 27 heavy (non-hydrogen) atoms. The zero-order valence-corrected chi connectivity index (χ0v) is 17.7. The Morgan fingerprint density at radius 1 is 0.963 bits per heavy atom. The van der Waals surface area contributed by atoms with Crippen LogP contribution in [0.15, 0.2) is 52.4 Å². The van der Waals surface area contributed by atoms with Gasteiger partial charge < -0.3 is 4.90 Å². The fourth-order valence-corrected chi connectivity index (χ4v) is 5.24. The number of fused-ring (bicyclic) bond motifs is 2. The Balaban J connectivity index is 1.85. The molecule has 3 heteroatoms. The van der Waals surface area contributed by atoms with E-state index in [1.807, 2.05) is 11.8 Å². The van der Waals surface area contributed by atoms with E-state index >= 15 is 0 Å². The van der Waals surface area contributed by atoms with Crippen LogP contribution >= 0.6 is 11.8 Å². The topological polar surface area (TPSA) is 7.12 Å². The molecule has 1 aliphatic rings. The van der Waals surface area contributed by atoms with Crippen molar-refractivity contribution < 1.29 is 4.57 Å². The maximum atomic E-state index is 2.44. The number of thioether (sulfide) groups is 1. The SMILES string of the molecule is CCN1/C(=C/c2ccc3ccc(C)cc3[n+]2CC)Sc2c(C)cc(C)cc21. The molecule has 4 rings (SSSR count). The van der Waals surface area contributed by atoms with E-state index in [-0.39, 0.29) is 0 Å². The lowest BCUT2D eigenvalue weighted by Crippen LogP contribution is -2.37. The van der Waals surface area contributed by atoms with E-state index in [1.165, 1.54) is 48.9 Å². The first-order valence-corrected chi connectivity index (χ1v) is 10.5. The second-order valence-electron chi connectivity index (χ2n) is 7.32. The second kappa shape index (κ2) is 7.05. The summed E-state index contributed by atoms with van der Waals surface area (Å²) in [6.45, 7) is 13.0. The van der Waals surface area contributed by atoms with Crippen LogP contribution in [-0.2, 0) is 6.54 Å². The van der Waals surface area contributed by atoms with Gasteiger partial charge in [0.25, 0.3) is 0 Å². The average molecular weight is 376 g/mol. The summed E-state index contributed by atoms with van der Waals surface area (Å²) < 4.78 is 2.42. The fraction of sp³-hybridized carbons (Fsp3) is 0.292. The maximum absolute atomic E-state index is 2.44. The van der Waals surface area contributed by atoms with E-state index < -0.39 is 0 Å². The predicted molar refractivity (Wildman–Crippen MR) is 117 cm³/mol. The quantitative estimate of drug-likeness (QED) is 0.518. The van der Waals surface area contributed by atoms with Gasteiger partial charge in [0.2, 0.25) is 11.2 Å². The minimum atomic E-state index is 0.960. The molecule has 2 aromatic carbocycles. The highest BCUT2D eigenvalue weighted by Gasteiger charge is 2.27. The van der Waals surface area contributed by atoms with Crippen LogP contribution in [0.1, 0.15) is 36.2 Å². The van der Waals surface area contributed by atoms with Crippen molar-refractivity contribution in [2.75, 3.05) is 11.4 Å². The highest BCUT2D eigenvalue weighted by molar-refractivity contribution is 8.04. The largest absolute Gasteiger partial charge is 0.335 e. The van der Waals surface area contributed by atoms with E-state index in [4.69, 9.17) is 0 Å². The van der Waals surface area contributed by atoms with Crippen molar-refractivity contribution in [3.8, 4) is 0 Å². The number of anilines is 1. The summed E-state index contributed by atoms with van der Waals surface area (Å²) in [5, 5.41) is 2.61. The molecule has 0 spiro atoms. The third-order valence-electron chi connectivity index (χ3n) is 5.29. The van der Waals surface area contributed by atoms with Gasteiger partial charge in [0.15, 0.2) is 0 Å². The van der Waals surface area contributed by atoms with Gasteiger partial charge in [-0.25, -0.2) is 0 Å². The Morgan fingerprint density at radius 2 is 1.74 bits per heavy atom. The number of pyridine rings is 1. The highest BCUT2D eigenvalue weighted by atomic mass is 32.2. The zero-order valence-electron chi connectivity index (χ0n) is 16.8. The summed E-state index contributed by atoms with van der Waals surface area (Å²) in [5.41, 5.74) is 7.93. The Kier molecular flexibility index (Phi) is 4.73. The molecular formula is C24H27N2S+. The first-order valence-electron chi connectivity index (χ1n) is 9.73. The van der Waals surface area contributed by atoms with Gasteiger partial charge in [-0.05, 0) is 69.5 Å². The molecule has 138 valence electrons. The fourth-order valence-electron chi connectivity index (χ4n) is 4.02. The lowest BCUT2D eigenvalue weighted by Gasteiger charge is -2.18. The van der Waals surface area contributed by atoms with Gasteiger partial charge >= 0.3 is 0 Å². The lowest BCUT2D eigenvalue weighted by atomic mass is 10.1. The standard InChI is InChI=1S/C24H27N2S/c1-6-25-20(11-10-19-9-8-16(3)13-21(19)25)15-23-26(7-2)22-14-17(4)12-18(5)24(22)27-23/h8-15H,6-7H2,1-5H3/q+1. The van der Waals surface area contributed by atoms with Crippen LogP contribution in [0.4, 0.5) is 5.69 Å². The Labute approximate surface area is 166 Å². The third-order valence-corrected chi connectivity index (χ3v) is 6.57. The molecular weight excluding hydrogens is 348 g/mol. The van der Waals surface area contributed by atoms with Crippen molar-refractivity contribution in [2.45, 2.75) is 46.1 Å². The normalized spacial score (nSPS) is 15.0. The van der Waals surface area contributed by atoms with E-state index in [0.29, 0.717) is 0 Å². The minimum Gasteiger partial charge on any atom is -0.335 e. The molecule has 0 radical (unpaired) electrons. The molecule has 0 fully saturated rings. The number of hydrogen-bond acceptors (Lipinski definition) is 2. The molecule has 0 atom stereocenters. The summed E-state index contributed by atoms with van der Waals surface area (Å²) in [6, 6.07) is 15.8. The number of aromatic nitrogens is 1. The molecule has 0 unspecified atom stereocenters. The van der Waals surface area contributed by atoms with Crippen LogP contribution in [0.3, 0.4) is 0 Å². The van der Waals surface area contributed by atoms with Gasteiger partial charge in [-0.1, -0.05) is 23.9 Å². The number of hydrogen-bond donors (Lipinski definition) is 0. The Morgan fingerprint density at radius 3 is 2.48 bits per heavy atom. The van der Waals surface area contributed by atoms with Crippen LogP contribution < -0.4 is 9.47 Å². The molecule has 2 nitrogen and oxygen atoms in total. The summed E-state index contributed by atoms with van der Waals surface area (Å²) in [6.07, 6.45) is 2.36. The number of nitrogens with zero attached hydrogens (tertiary/aromatic N) is 2. The van der Waals surface area contributed by atoms with Crippen molar-refractivity contribution in [3.05, 3.63) is 69.9 Å². The molecule has 0 N–H and O–H groups in total. The van der Waals surface area contributed by atoms with Gasteiger partial charge in [0, 0.05) is 35.0 Å². The maximum Gasteiger partial charge on any atom is 0.213 e. The van der Waals surface area contributed by atoms with Crippen molar-refractivity contribution in [1.82, 2.24) is 0 Å². The summed E-state index contributed by atoms with van der Waals surface area (Å²) in [5.74, 6) is 0. The molecule has 1 aromatic heterocycles. The van der Waals surface area contributed by atoms with Gasteiger partial charge in [-0.15, -0.1) is 0 Å². The van der Waals surface area contributed by atoms with Gasteiger partial charge in [0.1, 0.15) is 6.54 Å². The zero-order chi connectivity index (χ0) is 19.1. The summed E-state index contributed by atoms with van der Waals surface area (Å²) >= 11 is 1.90. The third kappa shape index (κ3) is 3.14. The highest BCUT2D eigenvalue weighted by Crippen LogP contribution is 2.48. The number of rotatable bonds is 3. The van der Waals surface area contributed by atoms with Crippen LogP contribution in [-0.4, -0.2) is 6.54 Å². The summed E-state index contributed by atoms with van der Waals surface area (Å²) in [4.78, 5) is 3.84. The smallest absolute Gasteiger partial charge is 0.213 e.